The number of H-pyrrole nitrogens is 1. The summed E-state index contributed by atoms with van der Waals surface area (Å²) in [4.78, 5) is 29.2. The summed E-state index contributed by atoms with van der Waals surface area (Å²) in [5, 5.41) is 3.70. The third-order valence-corrected chi connectivity index (χ3v) is 3.66. The van der Waals surface area contributed by atoms with E-state index < -0.39 is 0 Å². The second-order valence-corrected chi connectivity index (χ2v) is 5.10. The smallest absolute Gasteiger partial charge is 0.256 e. The Morgan fingerprint density at radius 3 is 2.95 bits per heavy atom. The molecule has 1 aliphatic heterocycles. The number of aromatic amines is 1. The number of para-hydroxylation sites is 1. The number of hydrogen-bond donors (Lipinski definition) is 2. The fourth-order valence-electron chi connectivity index (χ4n) is 2.69. The monoisotopic (exact) mass is 271 g/mol. The molecule has 0 unspecified atom stereocenters. The Morgan fingerprint density at radius 2 is 2.10 bits per heavy atom. The van der Waals surface area contributed by atoms with Crippen LogP contribution >= 0.6 is 0 Å². The minimum atomic E-state index is -0.0895. The summed E-state index contributed by atoms with van der Waals surface area (Å²) in [5.41, 5.74) is 2.48. The topological polar surface area (TPSA) is 65.2 Å². The molecular formula is C15H17N3O2. The fourth-order valence-corrected chi connectivity index (χ4v) is 2.69. The van der Waals surface area contributed by atoms with Crippen LogP contribution in [-0.2, 0) is 4.79 Å². The number of benzene rings is 1. The SMILES string of the molecule is Cc1[nH]c2ccccc2c1C(=O)N1CCCNC(=O)C1. The maximum atomic E-state index is 12.7. The Kier molecular flexibility index (Phi) is 3.18. The fraction of sp³-hybridized carbons (Fsp3) is 0.333. The minimum absolute atomic E-state index is 0.0722. The van der Waals surface area contributed by atoms with Gasteiger partial charge in [-0.05, 0) is 19.4 Å². The molecule has 0 atom stereocenters. The Bertz CT molecular complexity index is 675. The van der Waals surface area contributed by atoms with Crippen molar-refractivity contribution in [1.82, 2.24) is 15.2 Å². The highest BCUT2D eigenvalue weighted by atomic mass is 16.2. The molecule has 2 N–H and O–H groups in total. The van der Waals surface area contributed by atoms with Gasteiger partial charge in [0.05, 0.1) is 12.1 Å². The van der Waals surface area contributed by atoms with Crippen molar-refractivity contribution in [2.24, 2.45) is 0 Å². The number of amides is 2. The van der Waals surface area contributed by atoms with Crippen LogP contribution in [0.15, 0.2) is 24.3 Å². The molecule has 5 heteroatoms. The zero-order chi connectivity index (χ0) is 14.1. The van der Waals surface area contributed by atoms with Crippen LogP contribution < -0.4 is 5.32 Å². The molecule has 1 aliphatic rings. The second kappa shape index (κ2) is 5.00. The summed E-state index contributed by atoms with van der Waals surface area (Å²) in [6.07, 6.45) is 0.791. The van der Waals surface area contributed by atoms with Gasteiger partial charge in [-0.1, -0.05) is 18.2 Å². The van der Waals surface area contributed by atoms with Crippen molar-refractivity contribution in [2.45, 2.75) is 13.3 Å². The van der Waals surface area contributed by atoms with Crippen molar-refractivity contribution in [1.29, 1.82) is 0 Å². The highest BCUT2D eigenvalue weighted by molar-refractivity contribution is 6.08. The first kappa shape index (κ1) is 12.7. The summed E-state index contributed by atoms with van der Waals surface area (Å²) < 4.78 is 0. The summed E-state index contributed by atoms with van der Waals surface area (Å²) in [7, 11) is 0. The average Bonchev–Trinajstić information content (AvgIpc) is 2.61. The number of nitrogens with one attached hydrogen (secondary N) is 2. The summed E-state index contributed by atoms with van der Waals surface area (Å²) in [6.45, 7) is 3.27. The molecule has 0 bridgehead atoms. The molecule has 0 radical (unpaired) electrons. The van der Waals surface area contributed by atoms with Gasteiger partial charge >= 0.3 is 0 Å². The predicted molar refractivity (Wildman–Crippen MR) is 76.6 cm³/mol. The van der Waals surface area contributed by atoms with Gasteiger partial charge in [-0.25, -0.2) is 0 Å². The van der Waals surface area contributed by atoms with E-state index in [-0.39, 0.29) is 18.4 Å². The van der Waals surface area contributed by atoms with E-state index in [0.717, 1.165) is 23.0 Å². The predicted octanol–water partition coefficient (Wildman–Crippen LogP) is 1.44. The molecule has 0 spiro atoms. The molecule has 0 saturated carbocycles. The van der Waals surface area contributed by atoms with Gasteiger partial charge in [0.1, 0.15) is 0 Å². The normalized spacial score (nSPS) is 16.1. The lowest BCUT2D eigenvalue weighted by molar-refractivity contribution is -0.121. The van der Waals surface area contributed by atoms with E-state index in [1.165, 1.54) is 0 Å². The zero-order valence-electron chi connectivity index (χ0n) is 11.4. The molecule has 1 saturated heterocycles. The number of aryl methyl sites for hydroxylation is 1. The highest BCUT2D eigenvalue weighted by Crippen LogP contribution is 2.23. The van der Waals surface area contributed by atoms with Crippen molar-refractivity contribution in [3.63, 3.8) is 0 Å². The molecule has 5 nitrogen and oxygen atoms in total. The third kappa shape index (κ3) is 2.15. The van der Waals surface area contributed by atoms with Crippen molar-refractivity contribution in [3.05, 3.63) is 35.5 Å². The molecule has 104 valence electrons. The van der Waals surface area contributed by atoms with Crippen LogP contribution in [0.3, 0.4) is 0 Å². The van der Waals surface area contributed by atoms with Gasteiger partial charge in [0.15, 0.2) is 0 Å². The number of fused-ring (bicyclic) bond motifs is 1. The molecule has 2 aromatic rings. The van der Waals surface area contributed by atoms with Crippen LogP contribution in [0, 0.1) is 6.92 Å². The third-order valence-electron chi connectivity index (χ3n) is 3.66. The van der Waals surface area contributed by atoms with Crippen LogP contribution in [0.2, 0.25) is 0 Å². The van der Waals surface area contributed by atoms with Gasteiger partial charge in [-0.3, -0.25) is 9.59 Å². The van der Waals surface area contributed by atoms with Crippen molar-refractivity contribution < 1.29 is 9.59 Å². The number of rotatable bonds is 1. The second-order valence-electron chi connectivity index (χ2n) is 5.10. The van der Waals surface area contributed by atoms with E-state index >= 15 is 0 Å². The summed E-state index contributed by atoms with van der Waals surface area (Å²) in [5.74, 6) is -0.162. The Balaban J connectivity index is 1.99. The Morgan fingerprint density at radius 1 is 1.30 bits per heavy atom. The van der Waals surface area contributed by atoms with Gasteiger partial charge < -0.3 is 15.2 Å². The maximum Gasteiger partial charge on any atom is 0.256 e. The standard InChI is InChI=1S/C15H17N3O2/c1-10-14(11-5-2-3-6-12(11)17-10)15(20)18-8-4-7-16-13(19)9-18/h2-3,5-6,17H,4,7-9H2,1H3,(H,16,19). The quantitative estimate of drug-likeness (QED) is 0.824. The van der Waals surface area contributed by atoms with Crippen molar-refractivity contribution >= 4 is 22.7 Å². The zero-order valence-corrected chi connectivity index (χ0v) is 11.4. The molecule has 0 aliphatic carbocycles. The van der Waals surface area contributed by atoms with Crippen LogP contribution in [0.4, 0.5) is 0 Å². The molecule has 2 amide bonds. The lowest BCUT2D eigenvalue weighted by Crippen LogP contribution is -2.37. The van der Waals surface area contributed by atoms with E-state index in [0.29, 0.717) is 18.7 Å². The molecule has 3 rings (SSSR count). The highest BCUT2D eigenvalue weighted by Gasteiger charge is 2.24. The molecule has 1 aromatic carbocycles. The molecule has 20 heavy (non-hydrogen) atoms. The van der Waals surface area contributed by atoms with E-state index in [2.05, 4.69) is 10.3 Å². The first-order valence-corrected chi connectivity index (χ1v) is 6.80. The first-order chi connectivity index (χ1) is 9.66. The molecule has 1 fully saturated rings. The lowest BCUT2D eigenvalue weighted by Gasteiger charge is -2.19. The van der Waals surface area contributed by atoms with Crippen molar-refractivity contribution in [3.8, 4) is 0 Å². The van der Waals surface area contributed by atoms with Gasteiger partial charge in [-0.2, -0.15) is 0 Å². The first-order valence-electron chi connectivity index (χ1n) is 6.80. The van der Waals surface area contributed by atoms with Gasteiger partial charge in [0, 0.05) is 29.7 Å². The van der Waals surface area contributed by atoms with Crippen LogP contribution in [-0.4, -0.2) is 41.3 Å². The number of hydrogen-bond acceptors (Lipinski definition) is 2. The number of nitrogens with zero attached hydrogens (tertiary/aromatic N) is 1. The van der Waals surface area contributed by atoms with Gasteiger partial charge in [0.25, 0.3) is 5.91 Å². The maximum absolute atomic E-state index is 12.7. The Labute approximate surface area is 117 Å². The summed E-state index contributed by atoms with van der Waals surface area (Å²) >= 11 is 0. The van der Waals surface area contributed by atoms with E-state index in [1.807, 2.05) is 31.2 Å². The van der Waals surface area contributed by atoms with Crippen LogP contribution in [0.1, 0.15) is 22.5 Å². The molecule has 1 aromatic heterocycles. The van der Waals surface area contributed by atoms with Crippen molar-refractivity contribution in [2.75, 3.05) is 19.6 Å². The molecule has 2 heterocycles. The summed E-state index contributed by atoms with van der Waals surface area (Å²) in [6, 6.07) is 7.74. The molecular weight excluding hydrogens is 254 g/mol. The lowest BCUT2D eigenvalue weighted by atomic mass is 10.1. The largest absolute Gasteiger partial charge is 0.358 e. The van der Waals surface area contributed by atoms with E-state index in [9.17, 15) is 9.59 Å². The number of carbonyl (C=O) groups excluding carboxylic acids is 2. The van der Waals surface area contributed by atoms with Gasteiger partial charge in [0.2, 0.25) is 5.91 Å². The number of carbonyl (C=O) groups is 2. The van der Waals surface area contributed by atoms with Crippen LogP contribution in [0.25, 0.3) is 10.9 Å². The minimum Gasteiger partial charge on any atom is -0.358 e. The van der Waals surface area contributed by atoms with Gasteiger partial charge in [-0.15, -0.1) is 0 Å². The average molecular weight is 271 g/mol. The van der Waals surface area contributed by atoms with E-state index in [4.69, 9.17) is 0 Å². The van der Waals surface area contributed by atoms with E-state index in [1.54, 1.807) is 4.90 Å². The van der Waals surface area contributed by atoms with Crippen LogP contribution in [0.5, 0.6) is 0 Å². The Hall–Kier alpha value is -2.30. The number of aromatic nitrogens is 1.